The van der Waals surface area contributed by atoms with Crippen molar-refractivity contribution < 1.29 is 0 Å². The minimum atomic E-state index is 0.236. The fourth-order valence-corrected chi connectivity index (χ4v) is 3.02. The molecule has 0 unspecified atom stereocenters. The van der Waals surface area contributed by atoms with Gasteiger partial charge in [-0.25, -0.2) is 4.98 Å². The van der Waals surface area contributed by atoms with Crippen LogP contribution in [0, 0.1) is 0 Å². The third kappa shape index (κ3) is 2.03. The zero-order valence-electron chi connectivity index (χ0n) is 4.85. The van der Waals surface area contributed by atoms with Gasteiger partial charge in [0, 0.05) is 5.33 Å². The van der Waals surface area contributed by atoms with Crippen molar-refractivity contribution in [3.8, 4) is 0 Å². The fraction of sp³-hybridized carbons (Fsp3) is 0.400. The molecular weight excluding hydrogens is 346 g/mol. The summed E-state index contributed by atoms with van der Waals surface area (Å²) in [5.74, 6) is 0. The summed E-state index contributed by atoms with van der Waals surface area (Å²) in [7, 11) is 0. The van der Waals surface area contributed by atoms with E-state index in [1.165, 1.54) is 4.88 Å². The molecule has 1 aromatic rings. The molecular formula is C5H4Br3NS. The molecule has 0 aliphatic carbocycles. The minimum Gasteiger partial charge on any atom is -0.248 e. The van der Waals surface area contributed by atoms with Crippen molar-refractivity contribution in [1.82, 2.24) is 4.98 Å². The first-order valence-corrected chi connectivity index (χ1v) is 6.35. The zero-order valence-corrected chi connectivity index (χ0v) is 10.4. The molecule has 56 valence electrons. The quantitative estimate of drug-likeness (QED) is 0.739. The molecule has 0 fully saturated rings. The minimum absolute atomic E-state index is 0.236. The van der Waals surface area contributed by atoms with Crippen LogP contribution < -0.4 is 0 Å². The van der Waals surface area contributed by atoms with E-state index in [0.717, 1.165) is 11.0 Å². The second kappa shape index (κ2) is 4.18. The van der Waals surface area contributed by atoms with Crippen LogP contribution in [-0.4, -0.2) is 4.98 Å². The van der Waals surface area contributed by atoms with Crippen molar-refractivity contribution in [2.45, 2.75) is 9.07 Å². The highest BCUT2D eigenvalue weighted by atomic mass is 79.9. The Morgan fingerprint density at radius 2 is 2.30 bits per heavy atom. The van der Waals surface area contributed by atoms with E-state index in [1.54, 1.807) is 11.3 Å². The topological polar surface area (TPSA) is 12.9 Å². The van der Waals surface area contributed by atoms with Gasteiger partial charge >= 0.3 is 0 Å². The molecule has 0 bridgehead atoms. The standard InChI is InChI=1S/C5H4Br3NS/c6-1-3-4(5(7)8)10-2-9-3/h2,5H,1H2. The fourth-order valence-electron chi connectivity index (χ4n) is 0.556. The Morgan fingerprint density at radius 1 is 1.60 bits per heavy atom. The molecule has 0 saturated heterocycles. The number of halogens is 3. The molecule has 0 amide bonds. The van der Waals surface area contributed by atoms with Crippen molar-refractivity contribution in [3.63, 3.8) is 0 Å². The Bertz CT molecular complexity index is 210. The first-order valence-electron chi connectivity index (χ1n) is 2.52. The number of rotatable bonds is 2. The smallest absolute Gasteiger partial charge is 0.106 e. The Hall–Kier alpha value is 1.07. The van der Waals surface area contributed by atoms with Crippen LogP contribution in [0.15, 0.2) is 5.51 Å². The van der Waals surface area contributed by atoms with Gasteiger partial charge in [0.2, 0.25) is 0 Å². The molecule has 1 nitrogen and oxygen atoms in total. The highest BCUT2D eigenvalue weighted by molar-refractivity contribution is 9.24. The summed E-state index contributed by atoms with van der Waals surface area (Å²) in [6, 6.07) is 0. The summed E-state index contributed by atoms with van der Waals surface area (Å²) >= 11 is 11.8. The lowest BCUT2D eigenvalue weighted by atomic mass is 10.4. The van der Waals surface area contributed by atoms with Gasteiger partial charge in [0.1, 0.15) is 3.74 Å². The number of nitrogens with zero attached hydrogens (tertiary/aromatic N) is 1. The van der Waals surface area contributed by atoms with Gasteiger partial charge in [-0.15, -0.1) is 11.3 Å². The maximum Gasteiger partial charge on any atom is 0.106 e. The Labute approximate surface area is 88.6 Å². The number of alkyl halides is 3. The third-order valence-electron chi connectivity index (χ3n) is 0.997. The van der Waals surface area contributed by atoms with E-state index in [9.17, 15) is 0 Å². The van der Waals surface area contributed by atoms with Crippen LogP contribution in [0.25, 0.3) is 0 Å². The van der Waals surface area contributed by atoms with Crippen molar-refractivity contribution in [2.75, 3.05) is 0 Å². The van der Waals surface area contributed by atoms with E-state index in [1.807, 2.05) is 5.51 Å². The number of aromatic nitrogens is 1. The van der Waals surface area contributed by atoms with Crippen LogP contribution in [0.1, 0.15) is 14.3 Å². The number of thiazole rings is 1. The van der Waals surface area contributed by atoms with Gasteiger partial charge in [-0.05, 0) is 0 Å². The van der Waals surface area contributed by atoms with E-state index in [-0.39, 0.29) is 3.74 Å². The Kier molecular flexibility index (Phi) is 3.83. The summed E-state index contributed by atoms with van der Waals surface area (Å²) in [6.07, 6.45) is 0. The lowest BCUT2D eigenvalue weighted by Gasteiger charge is -1.97. The average Bonchev–Trinajstić information content (AvgIpc) is 2.33. The largest absolute Gasteiger partial charge is 0.248 e. The first-order chi connectivity index (χ1) is 4.75. The van der Waals surface area contributed by atoms with Crippen LogP contribution >= 0.6 is 59.1 Å². The average molecular weight is 350 g/mol. The first kappa shape index (κ1) is 9.16. The van der Waals surface area contributed by atoms with Crippen LogP contribution in [0.2, 0.25) is 0 Å². The van der Waals surface area contributed by atoms with Crippen LogP contribution in [-0.2, 0) is 5.33 Å². The maximum absolute atomic E-state index is 4.17. The predicted octanol–water partition coefficient (Wildman–Crippen LogP) is 3.83. The van der Waals surface area contributed by atoms with Crippen LogP contribution in [0.5, 0.6) is 0 Å². The summed E-state index contributed by atoms with van der Waals surface area (Å²) in [4.78, 5) is 5.40. The molecule has 0 N–H and O–H groups in total. The molecule has 1 heterocycles. The molecule has 0 aromatic carbocycles. The van der Waals surface area contributed by atoms with E-state index in [4.69, 9.17) is 0 Å². The molecule has 0 radical (unpaired) electrons. The molecule has 0 aliphatic heterocycles. The van der Waals surface area contributed by atoms with Gasteiger partial charge in [0.05, 0.1) is 16.1 Å². The molecule has 5 heteroatoms. The summed E-state index contributed by atoms with van der Waals surface area (Å²) in [5, 5.41) is 0.819. The van der Waals surface area contributed by atoms with Gasteiger partial charge in [-0.1, -0.05) is 47.8 Å². The highest BCUT2D eigenvalue weighted by Crippen LogP contribution is 2.34. The van der Waals surface area contributed by atoms with Gasteiger partial charge in [-0.3, -0.25) is 0 Å². The normalized spacial score (nSPS) is 10.8. The van der Waals surface area contributed by atoms with Crippen LogP contribution in [0.3, 0.4) is 0 Å². The number of hydrogen-bond acceptors (Lipinski definition) is 2. The molecule has 0 spiro atoms. The molecule has 0 saturated carbocycles. The maximum atomic E-state index is 4.17. The van der Waals surface area contributed by atoms with Gasteiger partial charge < -0.3 is 0 Å². The zero-order chi connectivity index (χ0) is 7.56. The van der Waals surface area contributed by atoms with Gasteiger partial charge in [-0.2, -0.15) is 0 Å². The Balaban J connectivity index is 2.90. The third-order valence-corrected chi connectivity index (χ3v) is 3.99. The SMILES string of the molecule is BrCc1ncsc1C(Br)Br. The summed E-state index contributed by atoms with van der Waals surface area (Å²) in [5.41, 5.74) is 2.95. The van der Waals surface area contributed by atoms with E-state index in [0.29, 0.717) is 0 Å². The van der Waals surface area contributed by atoms with Gasteiger partial charge in [0.15, 0.2) is 0 Å². The van der Waals surface area contributed by atoms with Crippen molar-refractivity contribution >= 4 is 59.1 Å². The summed E-state index contributed by atoms with van der Waals surface area (Å²) in [6.45, 7) is 0. The van der Waals surface area contributed by atoms with E-state index < -0.39 is 0 Å². The summed E-state index contributed by atoms with van der Waals surface area (Å²) < 4.78 is 0.236. The van der Waals surface area contributed by atoms with Crippen molar-refractivity contribution in [3.05, 3.63) is 16.1 Å². The molecule has 0 atom stereocenters. The molecule has 10 heavy (non-hydrogen) atoms. The highest BCUT2D eigenvalue weighted by Gasteiger charge is 2.10. The van der Waals surface area contributed by atoms with Crippen molar-refractivity contribution in [2.24, 2.45) is 0 Å². The van der Waals surface area contributed by atoms with E-state index in [2.05, 4.69) is 52.8 Å². The second-order valence-corrected chi connectivity index (χ2v) is 6.10. The Morgan fingerprint density at radius 3 is 2.70 bits per heavy atom. The lowest BCUT2D eigenvalue weighted by molar-refractivity contribution is 1.20. The van der Waals surface area contributed by atoms with Gasteiger partial charge in [0.25, 0.3) is 0 Å². The lowest BCUT2D eigenvalue weighted by Crippen LogP contribution is -1.83. The van der Waals surface area contributed by atoms with E-state index >= 15 is 0 Å². The predicted molar refractivity (Wildman–Crippen MR) is 55.3 cm³/mol. The van der Waals surface area contributed by atoms with Crippen LogP contribution in [0.4, 0.5) is 0 Å². The van der Waals surface area contributed by atoms with Crippen molar-refractivity contribution in [1.29, 1.82) is 0 Å². The molecule has 1 aromatic heterocycles. The molecule has 0 aliphatic rings. The monoisotopic (exact) mass is 347 g/mol. The number of hydrogen-bond donors (Lipinski definition) is 0. The molecule has 1 rings (SSSR count). The second-order valence-electron chi connectivity index (χ2n) is 1.60.